The first-order chi connectivity index (χ1) is 14.6. The number of hydrazone groups is 1. The van der Waals surface area contributed by atoms with Crippen molar-refractivity contribution in [2.75, 3.05) is 14.2 Å². The molecular weight excluding hydrogens is 387 g/mol. The van der Waals surface area contributed by atoms with Crippen molar-refractivity contribution in [2.45, 2.75) is 6.61 Å². The minimum absolute atomic E-state index is 0.0778. The fourth-order valence-electron chi connectivity index (χ4n) is 2.63. The van der Waals surface area contributed by atoms with Crippen LogP contribution in [0.4, 0.5) is 4.39 Å². The molecule has 0 atom stereocenters. The van der Waals surface area contributed by atoms with Crippen LogP contribution in [0.1, 0.15) is 21.5 Å². The van der Waals surface area contributed by atoms with Crippen molar-refractivity contribution in [2.24, 2.45) is 5.10 Å². The van der Waals surface area contributed by atoms with Gasteiger partial charge in [0.1, 0.15) is 18.2 Å². The van der Waals surface area contributed by atoms with Crippen molar-refractivity contribution in [3.8, 4) is 17.2 Å². The van der Waals surface area contributed by atoms with E-state index in [-0.39, 0.29) is 18.3 Å². The molecule has 0 saturated carbocycles. The second kappa shape index (κ2) is 10.1. The Morgan fingerprint density at radius 2 is 1.77 bits per heavy atom. The number of benzene rings is 3. The van der Waals surface area contributed by atoms with Crippen molar-refractivity contribution in [1.82, 2.24) is 5.43 Å². The second-order valence-electron chi connectivity index (χ2n) is 6.22. The third-order valence-electron chi connectivity index (χ3n) is 4.26. The summed E-state index contributed by atoms with van der Waals surface area (Å²) in [5.41, 5.74) is 4.07. The van der Waals surface area contributed by atoms with Crippen LogP contribution in [0, 0.1) is 5.82 Å². The van der Waals surface area contributed by atoms with Gasteiger partial charge in [-0.25, -0.2) is 9.82 Å². The van der Waals surface area contributed by atoms with Gasteiger partial charge in [0.05, 0.1) is 20.4 Å². The highest BCUT2D eigenvalue weighted by molar-refractivity contribution is 5.95. The van der Waals surface area contributed by atoms with Gasteiger partial charge < -0.3 is 14.2 Å². The zero-order chi connectivity index (χ0) is 21.3. The first-order valence-corrected chi connectivity index (χ1v) is 9.12. The number of nitrogens with one attached hydrogen (secondary N) is 1. The van der Waals surface area contributed by atoms with Crippen LogP contribution in [0.3, 0.4) is 0 Å². The highest BCUT2D eigenvalue weighted by atomic mass is 19.1. The maximum atomic E-state index is 13.7. The van der Waals surface area contributed by atoms with Crippen molar-refractivity contribution in [3.05, 3.63) is 89.2 Å². The molecule has 0 aliphatic rings. The second-order valence-corrected chi connectivity index (χ2v) is 6.22. The molecule has 7 heteroatoms. The predicted octanol–water partition coefficient (Wildman–Crippen LogP) is 4.19. The van der Waals surface area contributed by atoms with E-state index >= 15 is 0 Å². The molecule has 0 aliphatic heterocycles. The predicted molar refractivity (Wildman–Crippen MR) is 112 cm³/mol. The Labute approximate surface area is 173 Å². The molecule has 0 unspecified atom stereocenters. The normalized spacial score (nSPS) is 10.6. The van der Waals surface area contributed by atoms with Gasteiger partial charge in [-0.05, 0) is 54.1 Å². The number of methoxy groups -OCH3 is 2. The van der Waals surface area contributed by atoms with E-state index in [0.717, 1.165) is 0 Å². The molecule has 0 saturated heterocycles. The number of amides is 1. The Bertz CT molecular complexity index is 1040. The molecule has 1 amide bonds. The fraction of sp³-hybridized carbons (Fsp3) is 0.130. The monoisotopic (exact) mass is 408 g/mol. The van der Waals surface area contributed by atoms with Gasteiger partial charge >= 0.3 is 0 Å². The minimum Gasteiger partial charge on any atom is -0.497 e. The van der Waals surface area contributed by atoms with Crippen LogP contribution >= 0.6 is 0 Å². The summed E-state index contributed by atoms with van der Waals surface area (Å²) in [5.74, 6) is 0.940. The van der Waals surface area contributed by atoms with Gasteiger partial charge in [-0.15, -0.1) is 0 Å². The number of ether oxygens (including phenoxy) is 3. The van der Waals surface area contributed by atoms with Crippen LogP contribution in [0.2, 0.25) is 0 Å². The van der Waals surface area contributed by atoms with Crippen molar-refractivity contribution < 1.29 is 23.4 Å². The van der Waals surface area contributed by atoms with Crippen molar-refractivity contribution in [3.63, 3.8) is 0 Å². The summed E-state index contributed by atoms with van der Waals surface area (Å²) >= 11 is 0. The molecular formula is C23H21FN2O4. The molecule has 3 aromatic rings. The maximum absolute atomic E-state index is 13.7. The molecule has 3 aromatic carbocycles. The van der Waals surface area contributed by atoms with Crippen LogP contribution in [-0.2, 0) is 6.61 Å². The quantitative estimate of drug-likeness (QED) is 0.448. The lowest BCUT2D eigenvalue weighted by atomic mass is 10.2. The van der Waals surface area contributed by atoms with E-state index < -0.39 is 0 Å². The fourth-order valence-corrected chi connectivity index (χ4v) is 2.63. The van der Waals surface area contributed by atoms with Crippen LogP contribution in [0.25, 0.3) is 0 Å². The van der Waals surface area contributed by atoms with Gasteiger partial charge in [-0.3, -0.25) is 4.79 Å². The van der Waals surface area contributed by atoms with Crippen molar-refractivity contribution in [1.29, 1.82) is 0 Å². The zero-order valence-electron chi connectivity index (χ0n) is 16.6. The minimum atomic E-state index is -0.342. The Morgan fingerprint density at radius 1 is 1.00 bits per heavy atom. The van der Waals surface area contributed by atoms with E-state index in [0.29, 0.717) is 33.9 Å². The number of carbonyl (C=O) groups excluding carboxylic acids is 1. The van der Waals surface area contributed by atoms with Gasteiger partial charge in [0.25, 0.3) is 5.91 Å². The average Bonchev–Trinajstić information content (AvgIpc) is 2.79. The van der Waals surface area contributed by atoms with E-state index in [2.05, 4.69) is 10.5 Å². The largest absolute Gasteiger partial charge is 0.497 e. The summed E-state index contributed by atoms with van der Waals surface area (Å²) in [4.78, 5) is 12.1. The summed E-state index contributed by atoms with van der Waals surface area (Å²) in [6.07, 6.45) is 1.49. The van der Waals surface area contributed by atoms with Crippen LogP contribution in [0.15, 0.2) is 71.8 Å². The van der Waals surface area contributed by atoms with Crippen LogP contribution < -0.4 is 19.6 Å². The van der Waals surface area contributed by atoms with E-state index in [1.54, 1.807) is 67.8 Å². The number of halogens is 1. The first-order valence-electron chi connectivity index (χ1n) is 9.12. The van der Waals surface area contributed by atoms with Gasteiger partial charge in [-0.1, -0.05) is 18.2 Å². The number of nitrogens with zero attached hydrogens (tertiary/aromatic N) is 1. The van der Waals surface area contributed by atoms with Crippen molar-refractivity contribution >= 4 is 12.1 Å². The maximum Gasteiger partial charge on any atom is 0.271 e. The number of carbonyl (C=O) groups is 1. The molecule has 0 heterocycles. The summed E-state index contributed by atoms with van der Waals surface area (Å²) in [5, 5.41) is 3.97. The van der Waals surface area contributed by atoms with E-state index in [1.807, 2.05) is 0 Å². The molecule has 30 heavy (non-hydrogen) atoms. The Balaban J connectivity index is 1.62. The Morgan fingerprint density at radius 3 is 2.47 bits per heavy atom. The third kappa shape index (κ3) is 5.35. The Kier molecular flexibility index (Phi) is 7.00. The highest BCUT2D eigenvalue weighted by Crippen LogP contribution is 2.28. The number of rotatable bonds is 8. The molecule has 0 fully saturated rings. The smallest absolute Gasteiger partial charge is 0.271 e. The molecule has 0 radical (unpaired) electrons. The molecule has 154 valence electrons. The van der Waals surface area contributed by atoms with Crippen LogP contribution in [-0.4, -0.2) is 26.3 Å². The molecule has 0 bridgehead atoms. The van der Waals surface area contributed by atoms with Gasteiger partial charge in [0.2, 0.25) is 0 Å². The zero-order valence-corrected chi connectivity index (χ0v) is 16.6. The lowest BCUT2D eigenvalue weighted by Gasteiger charge is -2.11. The molecule has 3 rings (SSSR count). The lowest BCUT2D eigenvalue weighted by Crippen LogP contribution is -2.17. The molecule has 6 nitrogen and oxygen atoms in total. The SMILES string of the molecule is COc1ccc(C(=O)N/N=C\c2ccc(OCc3ccccc3F)c(OC)c2)cc1. The lowest BCUT2D eigenvalue weighted by molar-refractivity contribution is 0.0955. The van der Waals surface area contributed by atoms with Gasteiger partial charge in [-0.2, -0.15) is 5.10 Å². The molecule has 0 aliphatic carbocycles. The average molecular weight is 408 g/mol. The standard InChI is InChI=1S/C23H21FN2O4/c1-28-19-10-8-17(9-11-19)23(27)26-25-14-16-7-12-21(22(13-16)29-2)30-15-18-5-3-4-6-20(18)24/h3-14H,15H2,1-2H3,(H,26,27)/b25-14-. The molecule has 0 spiro atoms. The van der Waals surface area contributed by atoms with E-state index in [9.17, 15) is 9.18 Å². The van der Waals surface area contributed by atoms with E-state index in [4.69, 9.17) is 14.2 Å². The number of hydrogen-bond donors (Lipinski definition) is 1. The van der Waals surface area contributed by atoms with Gasteiger partial charge in [0.15, 0.2) is 11.5 Å². The highest BCUT2D eigenvalue weighted by Gasteiger charge is 2.08. The first kappa shape index (κ1) is 20.9. The van der Waals surface area contributed by atoms with E-state index in [1.165, 1.54) is 19.4 Å². The number of hydrogen-bond acceptors (Lipinski definition) is 5. The summed E-state index contributed by atoms with van der Waals surface area (Å²) in [6, 6.07) is 18.3. The van der Waals surface area contributed by atoms with Gasteiger partial charge in [0, 0.05) is 11.1 Å². The third-order valence-corrected chi connectivity index (χ3v) is 4.26. The summed E-state index contributed by atoms with van der Waals surface area (Å²) < 4.78 is 29.8. The van der Waals surface area contributed by atoms with Crippen LogP contribution in [0.5, 0.6) is 17.2 Å². The topological polar surface area (TPSA) is 69.2 Å². The summed E-state index contributed by atoms with van der Waals surface area (Å²) in [7, 11) is 3.07. The molecule has 0 aromatic heterocycles. The summed E-state index contributed by atoms with van der Waals surface area (Å²) in [6.45, 7) is 0.0778. The Hall–Kier alpha value is -3.87. The molecule has 1 N–H and O–H groups in total.